The predicted octanol–water partition coefficient (Wildman–Crippen LogP) is 6.39. The number of fused-ring (bicyclic) bond motifs is 1. The lowest BCUT2D eigenvalue weighted by molar-refractivity contribution is 0.0998. The fourth-order valence-corrected chi connectivity index (χ4v) is 4.94. The average Bonchev–Trinajstić information content (AvgIpc) is 3.08. The van der Waals surface area contributed by atoms with E-state index in [-0.39, 0.29) is 11.7 Å². The Labute approximate surface area is 162 Å². The van der Waals surface area contributed by atoms with Crippen LogP contribution in [0.5, 0.6) is 0 Å². The number of hydrogen-bond acceptors (Lipinski definition) is 3. The van der Waals surface area contributed by atoms with Gasteiger partial charge >= 0.3 is 0 Å². The van der Waals surface area contributed by atoms with E-state index in [1.807, 2.05) is 36.0 Å². The minimum atomic E-state index is -0.332. The number of carbonyl (C=O) groups excluding carboxylic acids is 1. The smallest absolute Gasteiger partial charge is 0.291 e. The summed E-state index contributed by atoms with van der Waals surface area (Å²) in [5.41, 5.74) is 2.22. The zero-order valence-corrected chi connectivity index (χ0v) is 15.9. The molecule has 3 nitrogen and oxygen atoms in total. The molecule has 1 heterocycles. The Morgan fingerprint density at radius 2 is 1.81 bits per heavy atom. The van der Waals surface area contributed by atoms with Crippen LogP contribution in [-0.4, -0.2) is 11.2 Å². The Hall–Kier alpha value is -2.27. The third-order valence-electron chi connectivity index (χ3n) is 5.02. The molecule has 5 heteroatoms. The van der Waals surface area contributed by atoms with E-state index in [0.29, 0.717) is 16.7 Å². The lowest BCUT2D eigenvalue weighted by Crippen LogP contribution is -2.13. The van der Waals surface area contributed by atoms with Crippen molar-refractivity contribution in [3.05, 3.63) is 65.7 Å². The number of amides is 1. The van der Waals surface area contributed by atoms with Gasteiger partial charge in [0.1, 0.15) is 11.4 Å². The molecular weight excluding hydrogens is 361 g/mol. The largest absolute Gasteiger partial charge is 0.451 e. The normalized spacial score (nSPS) is 15.1. The standard InChI is InChI=1S/C22H22FNO2S/c23-15-10-12-16(13-11-15)24-22(25)21-19(14-27-17-6-2-1-3-7-17)18-8-4-5-9-20(18)26-21/h4-5,8-13,17H,1-3,6-7,14H2,(H,24,25). The fourth-order valence-electron chi connectivity index (χ4n) is 3.58. The fraction of sp³-hybridized carbons (Fsp3) is 0.318. The van der Waals surface area contributed by atoms with Gasteiger partial charge in [0, 0.05) is 27.6 Å². The molecule has 140 valence electrons. The van der Waals surface area contributed by atoms with Gasteiger partial charge in [0.25, 0.3) is 5.91 Å². The number of furan rings is 1. The summed E-state index contributed by atoms with van der Waals surface area (Å²) in [5.74, 6) is 0.482. The molecule has 0 spiro atoms. The highest BCUT2D eigenvalue weighted by molar-refractivity contribution is 7.99. The number of benzene rings is 2. The first-order valence-electron chi connectivity index (χ1n) is 9.39. The Balaban J connectivity index is 1.58. The van der Waals surface area contributed by atoms with E-state index in [2.05, 4.69) is 5.32 Å². The van der Waals surface area contributed by atoms with Crippen molar-refractivity contribution in [3.8, 4) is 0 Å². The highest BCUT2D eigenvalue weighted by atomic mass is 32.2. The Morgan fingerprint density at radius 3 is 2.59 bits per heavy atom. The van der Waals surface area contributed by atoms with Crippen LogP contribution in [-0.2, 0) is 5.75 Å². The van der Waals surface area contributed by atoms with Crippen molar-refractivity contribution in [2.75, 3.05) is 5.32 Å². The van der Waals surface area contributed by atoms with Crippen LogP contribution in [0.3, 0.4) is 0 Å². The molecule has 0 aliphatic heterocycles. The molecule has 3 aromatic rings. The third-order valence-corrected chi connectivity index (χ3v) is 6.42. The summed E-state index contributed by atoms with van der Waals surface area (Å²) in [6, 6.07) is 13.5. The van der Waals surface area contributed by atoms with Gasteiger partial charge in [-0.1, -0.05) is 37.5 Å². The van der Waals surface area contributed by atoms with Crippen molar-refractivity contribution < 1.29 is 13.6 Å². The molecule has 0 radical (unpaired) electrons. The number of nitrogens with one attached hydrogen (secondary N) is 1. The predicted molar refractivity (Wildman–Crippen MR) is 109 cm³/mol. The van der Waals surface area contributed by atoms with Gasteiger partial charge in [0.2, 0.25) is 0 Å². The van der Waals surface area contributed by atoms with Gasteiger partial charge in [0.05, 0.1) is 0 Å². The summed E-state index contributed by atoms with van der Waals surface area (Å²) < 4.78 is 19.0. The topological polar surface area (TPSA) is 42.2 Å². The molecule has 1 aromatic heterocycles. The Kier molecular flexibility index (Phi) is 5.48. The average molecular weight is 383 g/mol. The van der Waals surface area contributed by atoms with Crippen LogP contribution < -0.4 is 5.32 Å². The second kappa shape index (κ2) is 8.17. The zero-order chi connectivity index (χ0) is 18.6. The van der Waals surface area contributed by atoms with Gasteiger partial charge < -0.3 is 9.73 Å². The lowest BCUT2D eigenvalue weighted by atomic mass is 10.0. The van der Waals surface area contributed by atoms with Gasteiger partial charge in [-0.25, -0.2) is 4.39 Å². The van der Waals surface area contributed by atoms with Gasteiger partial charge in [0.15, 0.2) is 5.76 Å². The molecule has 1 saturated carbocycles. The number of rotatable bonds is 5. The van der Waals surface area contributed by atoms with Crippen molar-refractivity contribution in [1.29, 1.82) is 0 Å². The molecule has 1 N–H and O–H groups in total. The molecule has 4 rings (SSSR count). The van der Waals surface area contributed by atoms with Gasteiger partial charge in [-0.05, 0) is 43.2 Å². The van der Waals surface area contributed by atoms with E-state index in [1.54, 1.807) is 12.1 Å². The molecule has 1 aliphatic carbocycles. The van der Waals surface area contributed by atoms with Crippen LogP contribution in [0.4, 0.5) is 10.1 Å². The SMILES string of the molecule is O=C(Nc1ccc(F)cc1)c1oc2ccccc2c1CSC1CCCCC1. The number of para-hydroxylation sites is 1. The molecule has 27 heavy (non-hydrogen) atoms. The number of thioether (sulfide) groups is 1. The molecule has 0 atom stereocenters. The van der Waals surface area contributed by atoms with Gasteiger partial charge in [-0.15, -0.1) is 0 Å². The first kappa shape index (κ1) is 18.1. The van der Waals surface area contributed by atoms with Crippen LogP contribution in [0, 0.1) is 5.82 Å². The second-order valence-electron chi connectivity index (χ2n) is 6.94. The lowest BCUT2D eigenvalue weighted by Gasteiger charge is -2.20. The molecular formula is C22H22FNO2S. The maximum Gasteiger partial charge on any atom is 0.291 e. The molecule has 0 saturated heterocycles. The van der Waals surface area contributed by atoms with E-state index < -0.39 is 0 Å². The molecule has 0 bridgehead atoms. The van der Waals surface area contributed by atoms with Gasteiger partial charge in [-0.3, -0.25) is 4.79 Å². The minimum Gasteiger partial charge on any atom is -0.451 e. The van der Waals surface area contributed by atoms with Crippen molar-refractivity contribution in [2.45, 2.75) is 43.1 Å². The summed E-state index contributed by atoms with van der Waals surface area (Å²) in [4.78, 5) is 12.8. The molecule has 1 aliphatic rings. The van der Waals surface area contributed by atoms with Crippen LogP contribution in [0.15, 0.2) is 52.9 Å². The number of hydrogen-bond donors (Lipinski definition) is 1. The van der Waals surface area contributed by atoms with E-state index in [4.69, 9.17) is 4.42 Å². The molecule has 2 aromatic carbocycles. The zero-order valence-electron chi connectivity index (χ0n) is 15.0. The van der Waals surface area contributed by atoms with E-state index in [1.165, 1.54) is 44.2 Å². The maximum atomic E-state index is 13.1. The van der Waals surface area contributed by atoms with Crippen molar-refractivity contribution >= 4 is 34.3 Å². The first-order chi connectivity index (χ1) is 13.2. The molecule has 1 amide bonds. The van der Waals surface area contributed by atoms with Crippen LogP contribution >= 0.6 is 11.8 Å². The maximum absolute atomic E-state index is 13.1. The first-order valence-corrected chi connectivity index (χ1v) is 10.4. The van der Waals surface area contributed by atoms with Crippen LogP contribution in [0.1, 0.15) is 48.2 Å². The highest BCUT2D eigenvalue weighted by Gasteiger charge is 2.22. The third kappa shape index (κ3) is 4.19. The molecule has 0 unspecified atom stereocenters. The highest BCUT2D eigenvalue weighted by Crippen LogP contribution is 2.35. The Bertz CT molecular complexity index is 929. The number of anilines is 1. The summed E-state index contributed by atoms with van der Waals surface area (Å²) in [7, 11) is 0. The monoisotopic (exact) mass is 383 g/mol. The Morgan fingerprint density at radius 1 is 1.07 bits per heavy atom. The van der Waals surface area contributed by atoms with Gasteiger partial charge in [-0.2, -0.15) is 11.8 Å². The van der Waals surface area contributed by atoms with E-state index >= 15 is 0 Å². The van der Waals surface area contributed by atoms with Crippen molar-refractivity contribution in [3.63, 3.8) is 0 Å². The number of carbonyl (C=O) groups is 1. The van der Waals surface area contributed by atoms with Crippen LogP contribution in [0.2, 0.25) is 0 Å². The van der Waals surface area contributed by atoms with Crippen molar-refractivity contribution in [2.24, 2.45) is 0 Å². The van der Waals surface area contributed by atoms with Crippen LogP contribution in [0.25, 0.3) is 11.0 Å². The summed E-state index contributed by atoms with van der Waals surface area (Å²) in [6.45, 7) is 0. The summed E-state index contributed by atoms with van der Waals surface area (Å²) in [6.07, 6.45) is 6.41. The second-order valence-corrected chi connectivity index (χ2v) is 8.23. The summed E-state index contributed by atoms with van der Waals surface area (Å²) >= 11 is 1.92. The van der Waals surface area contributed by atoms with Crippen molar-refractivity contribution in [1.82, 2.24) is 0 Å². The quantitative estimate of drug-likeness (QED) is 0.555. The van der Waals surface area contributed by atoms with E-state index in [9.17, 15) is 9.18 Å². The van der Waals surface area contributed by atoms with E-state index in [0.717, 1.165) is 22.3 Å². The number of halogens is 1. The minimum absolute atomic E-state index is 0.294. The summed E-state index contributed by atoms with van der Waals surface area (Å²) in [5, 5.41) is 4.46. The molecule has 1 fully saturated rings.